The summed E-state index contributed by atoms with van der Waals surface area (Å²) in [6.45, 7) is 0.671. The van der Waals surface area contributed by atoms with E-state index < -0.39 is 0 Å². The van der Waals surface area contributed by atoms with Crippen molar-refractivity contribution in [3.05, 3.63) is 114 Å². The maximum Gasteiger partial charge on any atom is 0.0719 e. The van der Waals surface area contributed by atoms with Crippen LogP contribution in [0.4, 0.5) is 0 Å². The molecule has 0 bridgehead atoms. The van der Waals surface area contributed by atoms with Crippen molar-refractivity contribution in [2.45, 2.75) is 18.9 Å². The molecule has 2 heteroatoms. The summed E-state index contributed by atoms with van der Waals surface area (Å²) in [5.41, 5.74) is 7.13. The van der Waals surface area contributed by atoms with E-state index in [0.29, 0.717) is 6.61 Å². The number of hydrogen-bond acceptors (Lipinski definition) is 1. The Morgan fingerprint density at radius 3 is 1.75 bits per heavy atom. The van der Waals surface area contributed by atoms with Crippen LogP contribution in [0.25, 0.3) is 32.7 Å². The topological polar surface area (TPSA) is 9.23 Å². The first-order chi connectivity index (χ1) is 15.8. The summed E-state index contributed by atoms with van der Waals surface area (Å²) in [4.78, 5) is 0. The minimum atomic E-state index is -0.390. The highest BCUT2D eigenvalue weighted by molar-refractivity contribution is 7.64. The van der Waals surface area contributed by atoms with Crippen molar-refractivity contribution in [2.24, 2.45) is 0 Å². The van der Waals surface area contributed by atoms with Gasteiger partial charge < -0.3 is 4.74 Å². The van der Waals surface area contributed by atoms with E-state index >= 15 is 0 Å². The van der Waals surface area contributed by atoms with Crippen molar-refractivity contribution >= 4 is 34.8 Å². The van der Waals surface area contributed by atoms with Gasteiger partial charge in [-0.3, -0.25) is 0 Å². The highest BCUT2D eigenvalue weighted by atomic mass is 31.1. The van der Waals surface area contributed by atoms with E-state index in [1.165, 1.54) is 54.7 Å². The summed E-state index contributed by atoms with van der Waals surface area (Å²) >= 11 is 0. The average molecular weight is 433 g/mol. The predicted octanol–water partition coefficient (Wildman–Crippen LogP) is 7.63. The molecule has 0 spiro atoms. The summed E-state index contributed by atoms with van der Waals surface area (Å²) < 4.78 is 5.56. The van der Waals surface area contributed by atoms with Gasteiger partial charge in [-0.1, -0.05) is 105 Å². The molecule has 1 heterocycles. The fourth-order valence-corrected chi connectivity index (χ4v) is 7.87. The Kier molecular flexibility index (Phi) is 5.02. The number of methoxy groups -OCH3 is 1. The van der Waals surface area contributed by atoms with Gasteiger partial charge in [-0.05, 0) is 67.0 Å². The van der Waals surface area contributed by atoms with Crippen molar-refractivity contribution in [2.75, 3.05) is 7.11 Å². The maximum absolute atomic E-state index is 5.56. The zero-order valence-electron chi connectivity index (χ0n) is 18.2. The highest BCUT2D eigenvalue weighted by Crippen LogP contribution is 2.52. The third-order valence-electron chi connectivity index (χ3n) is 6.64. The summed E-state index contributed by atoms with van der Waals surface area (Å²) in [5.74, 6) is 0. The fourth-order valence-electron chi connectivity index (χ4n) is 5.22. The summed E-state index contributed by atoms with van der Waals surface area (Å²) in [7, 11) is 1.40. The minimum absolute atomic E-state index is 0.390. The molecular formula is C30H25OP. The molecule has 0 saturated heterocycles. The van der Waals surface area contributed by atoms with Gasteiger partial charge in [0.2, 0.25) is 0 Å². The third-order valence-corrected chi connectivity index (χ3v) is 9.20. The van der Waals surface area contributed by atoms with E-state index in [0.717, 1.165) is 12.3 Å². The normalized spacial score (nSPS) is 13.7. The zero-order valence-corrected chi connectivity index (χ0v) is 19.1. The molecule has 1 aliphatic rings. The number of ether oxygens (including phenoxy) is 1. The second kappa shape index (κ2) is 8.17. The predicted molar refractivity (Wildman–Crippen MR) is 138 cm³/mol. The maximum atomic E-state index is 5.56. The molecule has 0 atom stereocenters. The number of fused-ring (bicyclic) bond motifs is 7. The van der Waals surface area contributed by atoms with Crippen molar-refractivity contribution in [3.8, 4) is 11.1 Å². The number of benzene rings is 5. The molecule has 5 aromatic carbocycles. The van der Waals surface area contributed by atoms with Gasteiger partial charge in [-0.15, -0.1) is 0 Å². The SMILES string of the molecule is COCc1ccccc1P1Cc2ccc3ccccc3c2-c2c(ccc3ccccc23)C1. The van der Waals surface area contributed by atoms with Crippen LogP contribution in [0.1, 0.15) is 16.7 Å². The van der Waals surface area contributed by atoms with E-state index in [1.54, 1.807) is 7.11 Å². The molecule has 32 heavy (non-hydrogen) atoms. The number of rotatable bonds is 3. The molecule has 0 radical (unpaired) electrons. The van der Waals surface area contributed by atoms with Crippen molar-refractivity contribution < 1.29 is 4.74 Å². The summed E-state index contributed by atoms with van der Waals surface area (Å²) in [6.07, 6.45) is 2.19. The molecule has 0 aromatic heterocycles. The Labute approximate surface area is 190 Å². The Balaban J connectivity index is 1.66. The zero-order chi connectivity index (χ0) is 21.5. The van der Waals surface area contributed by atoms with Crippen LogP contribution in [0.2, 0.25) is 0 Å². The lowest BCUT2D eigenvalue weighted by atomic mass is 9.88. The molecule has 6 rings (SSSR count). The van der Waals surface area contributed by atoms with Crippen LogP contribution in [0.3, 0.4) is 0 Å². The molecule has 0 saturated carbocycles. The lowest BCUT2D eigenvalue weighted by molar-refractivity contribution is 0.185. The Morgan fingerprint density at radius 1 is 0.625 bits per heavy atom. The molecule has 156 valence electrons. The molecule has 0 amide bonds. The molecule has 0 aliphatic carbocycles. The standard InChI is InChI=1S/C30H25OP/c1-31-18-23-10-4-7-13-28(23)32-19-24-16-14-21-8-2-5-11-26(21)29(24)30-25(20-32)17-15-22-9-3-6-12-27(22)30/h2-17H,18-20H2,1H3. The van der Waals surface area contributed by atoms with Gasteiger partial charge in [0.05, 0.1) is 6.61 Å². The quantitative estimate of drug-likeness (QED) is 0.266. The minimum Gasteiger partial charge on any atom is -0.380 e. The van der Waals surface area contributed by atoms with Crippen molar-refractivity contribution in [3.63, 3.8) is 0 Å². The third kappa shape index (κ3) is 3.25. The first-order valence-corrected chi connectivity index (χ1v) is 12.9. The molecular weight excluding hydrogens is 407 g/mol. The fraction of sp³-hybridized carbons (Fsp3) is 0.133. The second-order valence-corrected chi connectivity index (χ2v) is 10.8. The monoisotopic (exact) mass is 432 g/mol. The van der Waals surface area contributed by atoms with Gasteiger partial charge in [0.15, 0.2) is 0 Å². The average Bonchev–Trinajstić information content (AvgIpc) is 3.02. The van der Waals surface area contributed by atoms with E-state index in [-0.39, 0.29) is 7.92 Å². The molecule has 5 aromatic rings. The Hall–Kier alpha value is -2.99. The Morgan fingerprint density at radius 2 is 1.16 bits per heavy atom. The van der Waals surface area contributed by atoms with E-state index in [1.807, 2.05) is 0 Å². The molecule has 0 fully saturated rings. The molecule has 1 nitrogen and oxygen atoms in total. The van der Waals surface area contributed by atoms with Crippen LogP contribution in [0.15, 0.2) is 97.1 Å². The van der Waals surface area contributed by atoms with Crippen molar-refractivity contribution in [1.82, 2.24) is 0 Å². The van der Waals surface area contributed by atoms with Crippen molar-refractivity contribution in [1.29, 1.82) is 0 Å². The van der Waals surface area contributed by atoms with Crippen LogP contribution >= 0.6 is 7.92 Å². The molecule has 1 aliphatic heterocycles. The van der Waals surface area contributed by atoms with Gasteiger partial charge in [-0.2, -0.15) is 0 Å². The van der Waals surface area contributed by atoms with E-state index in [9.17, 15) is 0 Å². The van der Waals surface area contributed by atoms with Gasteiger partial charge in [0.25, 0.3) is 0 Å². The first kappa shape index (κ1) is 19.7. The number of hydrogen-bond donors (Lipinski definition) is 0. The molecule has 0 N–H and O–H groups in total. The lowest BCUT2D eigenvalue weighted by Gasteiger charge is -2.20. The first-order valence-electron chi connectivity index (χ1n) is 11.2. The van der Waals surface area contributed by atoms with Gasteiger partial charge in [-0.25, -0.2) is 0 Å². The van der Waals surface area contributed by atoms with Crippen LogP contribution in [-0.4, -0.2) is 7.11 Å². The van der Waals surface area contributed by atoms with Gasteiger partial charge in [0.1, 0.15) is 0 Å². The van der Waals surface area contributed by atoms with E-state index in [2.05, 4.69) is 97.1 Å². The highest BCUT2D eigenvalue weighted by Gasteiger charge is 2.26. The van der Waals surface area contributed by atoms with Gasteiger partial charge >= 0.3 is 0 Å². The van der Waals surface area contributed by atoms with Crippen LogP contribution in [0.5, 0.6) is 0 Å². The van der Waals surface area contributed by atoms with Crippen LogP contribution in [0, 0.1) is 0 Å². The Bertz CT molecular complexity index is 1370. The van der Waals surface area contributed by atoms with Crippen LogP contribution < -0.4 is 5.30 Å². The summed E-state index contributed by atoms with van der Waals surface area (Å²) in [5, 5.41) is 6.84. The largest absolute Gasteiger partial charge is 0.380 e. The summed E-state index contributed by atoms with van der Waals surface area (Å²) in [6, 6.07) is 35.9. The molecule has 0 unspecified atom stereocenters. The van der Waals surface area contributed by atoms with E-state index in [4.69, 9.17) is 4.74 Å². The smallest absolute Gasteiger partial charge is 0.0719 e. The second-order valence-electron chi connectivity index (χ2n) is 8.56. The lowest BCUT2D eigenvalue weighted by Crippen LogP contribution is -2.11. The van der Waals surface area contributed by atoms with Gasteiger partial charge in [0, 0.05) is 7.11 Å². The van der Waals surface area contributed by atoms with Crippen LogP contribution in [-0.2, 0) is 23.7 Å².